The third-order valence-corrected chi connectivity index (χ3v) is 3.76. The van der Waals surface area contributed by atoms with Crippen LogP contribution in [0.25, 0.3) is 0 Å². The van der Waals surface area contributed by atoms with Crippen molar-refractivity contribution in [2.45, 2.75) is 43.2 Å². The van der Waals surface area contributed by atoms with E-state index in [1.165, 1.54) is 12.4 Å². The second-order valence-corrected chi connectivity index (χ2v) is 4.93. The van der Waals surface area contributed by atoms with Crippen LogP contribution in [0.15, 0.2) is 18.5 Å². The van der Waals surface area contributed by atoms with Gasteiger partial charge in [0.25, 0.3) is 0 Å². The molecule has 1 aromatic heterocycles. The summed E-state index contributed by atoms with van der Waals surface area (Å²) in [7, 11) is 0. The van der Waals surface area contributed by atoms with Crippen molar-refractivity contribution >= 4 is 11.6 Å². The molecule has 0 bridgehead atoms. The van der Waals surface area contributed by atoms with E-state index in [0.717, 1.165) is 25.3 Å². The molecular weight excluding hydrogens is 251 g/mol. The van der Waals surface area contributed by atoms with Crippen LogP contribution in [-0.4, -0.2) is 10.4 Å². The second-order valence-electron chi connectivity index (χ2n) is 4.37. The highest BCUT2D eigenvalue weighted by atomic mass is 35.5. The van der Waals surface area contributed by atoms with Gasteiger partial charge in [-0.15, -0.1) is 11.6 Å². The van der Waals surface area contributed by atoms with Crippen LogP contribution in [0.2, 0.25) is 0 Å². The summed E-state index contributed by atoms with van der Waals surface area (Å²) in [6.45, 7) is 0. The van der Waals surface area contributed by atoms with Gasteiger partial charge in [-0.3, -0.25) is 4.98 Å². The lowest BCUT2D eigenvalue weighted by Gasteiger charge is -2.29. The molecule has 2 atom stereocenters. The Morgan fingerprint density at radius 2 is 1.94 bits per heavy atom. The molecule has 1 fully saturated rings. The Morgan fingerprint density at radius 3 is 2.59 bits per heavy atom. The molecule has 0 amide bonds. The summed E-state index contributed by atoms with van der Waals surface area (Å²) >= 11 is 6.14. The van der Waals surface area contributed by atoms with Crippen molar-refractivity contribution in [3.8, 4) is 0 Å². The molecule has 1 aliphatic carbocycles. The summed E-state index contributed by atoms with van der Waals surface area (Å²) in [6, 6.07) is 1.04. The van der Waals surface area contributed by atoms with Crippen LogP contribution < -0.4 is 0 Å². The first-order valence-corrected chi connectivity index (χ1v) is 6.09. The van der Waals surface area contributed by atoms with Gasteiger partial charge < -0.3 is 0 Å². The predicted octanol–water partition coefficient (Wildman–Crippen LogP) is 4.37. The van der Waals surface area contributed by atoms with Gasteiger partial charge in [0.1, 0.15) is 0 Å². The molecule has 0 aliphatic heterocycles. The molecular formula is C12H13ClF3N. The Hall–Kier alpha value is -0.770. The van der Waals surface area contributed by atoms with E-state index in [-0.39, 0.29) is 16.9 Å². The van der Waals surface area contributed by atoms with E-state index in [4.69, 9.17) is 11.6 Å². The van der Waals surface area contributed by atoms with Crippen LogP contribution in [0.3, 0.4) is 0 Å². The van der Waals surface area contributed by atoms with E-state index in [1.54, 1.807) is 0 Å². The fourth-order valence-corrected chi connectivity index (χ4v) is 2.81. The van der Waals surface area contributed by atoms with Crippen LogP contribution in [-0.2, 0) is 6.18 Å². The second kappa shape index (κ2) is 4.84. The largest absolute Gasteiger partial charge is 0.416 e. The standard InChI is InChI=1S/C12H13ClF3N/c13-11-4-2-1-3-8(11)9-7-17-6-5-10(9)12(14,15)16/h5-8,11H,1-4H2. The molecule has 2 unspecified atom stereocenters. The zero-order valence-corrected chi connectivity index (χ0v) is 9.93. The summed E-state index contributed by atoms with van der Waals surface area (Å²) in [6.07, 6.45) is 1.58. The number of nitrogens with zero attached hydrogens (tertiary/aromatic N) is 1. The van der Waals surface area contributed by atoms with Crippen molar-refractivity contribution < 1.29 is 13.2 Å². The lowest BCUT2D eigenvalue weighted by molar-refractivity contribution is -0.138. The number of hydrogen-bond donors (Lipinski definition) is 0. The predicted molar refractivity (Wildman–Crippen MR) is 60.1 cm³/mol. The van der Waals surface area contributed by atoms with Gasteiger partial charge in [-0.1, -0.05) is 12.8 Å². The van der Waals surface area contributed by atoms with Crippen LogP contribution in [0.1, 0.15) is 42.7 Å². The van der Waals surface area contributed by atoms with Gasteiger partial charge in [-0.05, 0) is 24.5 Å². The fraction of sp³-hybridized carbons (Fsp3) is 0.583. The van der Waals surface area contributed by atoms with Crippen LogP contribution in [0, 0.1) is 0 Å². The monoisotopic (exact) mass is 263 g/mol. The third kappa shape index (κ3) is 2.73. The Labute approximate surface area is 103 Å². The number of aromatic nitrogens is 1. The minimum absolute atomic E-state index is 0.214. The van der Waals surface area contributed by atoms with E-state index >= 15 is 0 Å². The smallest absolute Gasteiger partial charge is 0.264 e. The Bertz CT molecular complexity index is 392. The number of rotatable bonds is 1. The lowest BCUT2D eigenvalue weighted by atomic mass is 9.82. The molecule has 1 saturated carbocycles. The average molecular weight is 264 g/mol. The number of pyridine rings is 1. The van der Waals surface area contributed by atoms with Gasteiger partial charge >= 0.3 is 6.18 Å². The SMILES string of the molecule is FC(F)(F)c1ccncc1C1CCCCC1Cl. The average Bonchev–Trinajstić information content (AvgIpc) is 2.28. The number of alkyl halides is 4. The van der Waals surface area contributed by atoms with Crippen molar-refractivity contribution in [1.29, 1.82) is 0 Å². The Kier molecular flexibility index (Phi) is 3.61. The van der Waals surface area contributed by atoms with Gasteiger partial charge in [-0.2, -0.15) is 13.2 Å². The molecule has 1 heterocycles. The maximum atomic E-state index is 12.9. The van der Waals surface area contributed by atoms with Crippen LogP contribution in [0.5, 0.6) is 0 Å². The van der Waals surface area contributed by atoms with Gasteiger partial charge in [-0.25, -0.2) is 0 Å². The normalized spacial score (nSPS) is 25.9. The van der Waals surface area contributed by atoms with E-state index in [2.05, 4.69) is 4.98 Å². The maximum absolute atomic E-state index is 12.9. The molecule has 17 heavy (non-hydrogen) atoms. The Morgan fingerprint density at radius 1 is 1.24 bits per heavy atom. The van der Waals surface area contributed by atoms with E-state index in [1.807, 2.05) is 0 Å². The first-order valence-electron chi connectivity index (χ1n) is 5.65. The molecule has 1 aromatic rings. The quantitative estimate of drug-likeness (QED) is 0.686. The van der Waals surface area contributed by atoms with Crippen LogP contribution in [0.4, 0.5) is 13.2 Å². The molecule has 0 spiro atoms. The van der Waals surface area contributed by atoms with Gasteiger partial charge in [0.2, 0.25) is 0 Å². The van der Waals surface area contributed by atoms with E-state index < -0.39 is 11.7 Å². The number of hydrogen-bond acceptors (Lipinski definition) is 1. The molecule has 0 N–H and O–H groups in total. The first kappa shape index (κ1) is 12.7. The van der Waals surface area contributed by atoms with E-state index in [9.17, 15) is 13.2 Å². The zero-order valence-electron chi connectivity index (χ0n) is 9.17. The van der Waals surface area contributed by atoms with Gasteiger partial charge in [0.15, 0.2) is 0 Å². The highest BCUT2D eigenvalue weighted by molar-refractivity contribution is 6.21. The zero-order chi connectivity index (χ0) is 12.5. The highest BCUT2D eigenvalue weighted by Crippen LogP contribution is 2.41. The minimum Gasteiger partial charge on any atom is -0.264 e. The molecule has 0 radical (unpaired) electrons. The summed E-state index contributed by atoms with van der Waals surface area (Å²) in [5.41, 5.74) is -0.343. The third-order valence-electron chi connectivity index (χ3n) is 3.24. The summed E-state index contributed by atoms with van der Waals surface area (Å²) in [5.74, 6) is -0.226. The molecule has 0 aromatic carbocycles. The molecule has 94 valence electrons. The molecule has 5 heteroatoms. The minimum atomic E-state index is -4.33. The van der Waals surface area contributed by atoms with Crippen molar-refractivity contribution in [3.63, 3.8) is 0 Å². The lowest BCUT2D eigenvalue weighted by Crippen LogP contribution is -2.21. The molecule has 1 aliphatic rings. The fourth-order valence-electron chi connectivity index (χ4n) is 2.40. The number of halogens is 4. The van der Waals surface area contributed by atoms with E-state index in [0.29, 0.717) is 6.42 Å². The molecule has 0 saturated heterocycles. The topological polar surface area (TPSA) is 12.9 Å². The van der Waals surface area contributed by atoms with Gasteiger partial charge in [0, 0.05) is 23.7 Å². The summed E-state index contributed by atoms with van der Waals surface area (Å²) < 4.78 is 38.6. The summed E-state index contributed by atoms with van der Waals surface area (Å²) in [5, 5.41) is -0.214. The molecule has 2 rings (SSSR count). The van der Waals surface area contributed by atoms with Gasteiger partial charge in [0.05, 0.1) is 5.56 Å². The van der Waals surface area contributed by atoms with Crippen molar-refractivity contribution in [2.24, 2.45) is 0 Å². The maximum Gasteiger partial charge on any atom is 0.416 e. The highest BCUT2D eigenvalue weighted by Gasteiger charge is 2.37. The first-order chi connectivity index (χ1) is 8.00. The molecule has 1 nitrogen and oxygen atoms in total. The van der Waals surface area contributed by atoms with Crippen molar-refractivity contribution in [1.82, 2.24) is 4.98 Å². The van der Waals surface area contributed by atoms with Crippen LogP contribution >= 0.6 is 11.6 Å². The van der Waals surface area contributed by atoms with Crippen molar-refractivity contribution in [2.75, 3.05) is 0 Å². The summed E-state index contributed by atoms with van der Waals surface area (Å²) in [4.78, 5) is 3.81. The Balaban J connectivity index is 2.37. The van der Waals surface area contributed by atoms with Crippen molar-refractivity contribution in [3.05, 3.63) is 29.6 Å².